The van der Waals surface area contributed by atoms with Crippen LogP contribution in [0.4, 0.5) is 0 Å². The van der Waals surface area contributed by atoms with E-state index in [1.165, 1.54) is 0 Å². The Morgan fingerprint density at radius 1 is 1.46 bits per heavy atom. The van der Waals surface area contributed by atoms with Crippen LogP contribution in [0.5, 0.6) is 0 Å². The van der Waals surface area contributed by atoms with Gasteiger partial charge in [-0.25, -0.2) is 4.98 Å². The minimum Gasteiger partial charge on any atom is -0.297 e. The van der Waals surface area contributed by atoms with E-state index in [0.717, 1.165) is 11.3 Å². The van der Waals surface area contributed by atoms with E-state index in [2.05, 4.69) is 9.97 Å². The molecule has 0 aliphatic carbocycles. The fourth-order valence-electron chi connectivity index (χ4n) is 1.15. The average molecular weight is 194 g/mol. The van der Waals surface area contributed by atoms with Crippen LogP contribution in [0.3, 0.4) is 0 Å². The Balaban J connectivity index is 2.52. The third-order valence-electron chi connectivity index (χ3n) is 1.72. The molecule has 2 heterocycles. The maximum absolute atomic E-state index is 5.54. The third kappa shape index (κ3) is 1.55. The van der Waals surface area contributed by atoms with E-state index in [9.17, 15) is 0 Å². The molecule has 4 heteroatoms. The van der Waals surface area contributed by atoms with Gasteiger partial charge in [-0.2, -0.15) is 0 Å². The predicted octanol–water partition coefficient (Wildman–Crippen LogP) is 1.98. The number of imidazole rings is 1. The van der Waals surface area contributed by atoms with Crippen molar-refractivity contribution in [2.45, 2.75) is 0 Å². The van der Waals surface area contributed by atoms with Crippen LogP contribution in [0.2, 0.25) is 0 Å². The highest BCUT2D eigenvalue weighted by atomic mass is 35.5. The fraction of sp³-hybridized carbons (Fsp3) is 0.111. The molecule has 0 aliphatic heterocycles. The molecule has 0 spiro atoms. The summed E-state index contributed by atoms with van der Waals surface area (Å²) in [6.07, 6.45) is 10.9. The lowest BCUT2D eigenvalue weighted by molar-refractivity contribution is 1.11. The van der Waals surface area contributed by atoms with E-state index in [-0.39, 0.29) is 0 Å². The molecule has 0 aliphatic rings. The first-order valence-corrected chi connectivity index (χ1v) is 4.45. The van der Waals surface area contributed by atoms with Crippen LogP contribution in [-0.2, 0) is 0 Å². The van der Waals surface area contributed by atoms with Crippen molar-refractivity contribution in [3.05, 3.63) is 36.6 Å². The van der Waals surface area contributed by atoms with Gasteiger partial charge in [0.2, 0.25) is 0 Å². The molecule has 2 aromatic rings. The summed E-state index contributed by atoms with van der Waals surface area (Å²) < 4.78 is 1.95. The number of hydrogen-bond acceptors (Lipinski definition) is 2. The number of allylic oxidation sites excluding steroid dienone is 1. The lowest BCUT2D eigenvalue weighted by Gasteiger charge is -1.93. The molecular weight excluding hydrogens is 186 g/mol. The minimum absolute atomic E-state index is 0.512. The quantitative estimate of drug-likeness (QED) is 0.683. The molecule has 0 bridgehead atoms. The zero-order chi connectivity index (χ0) is 9.10. The van der Waals surface area contributed by atoms with Gasteiger partial charge in [-0.05, 0) is 6.08 Å². The van der Waals surface area contributed by atoms with Crippen LogP contribution in [0, 0.1) is 0 Å². The summed E-state index contributed by atoms with van der Waals surface area (Å²) in [6.45, 7) is 0. The largest absolute Gasteiger partial charge is 0.297 e. The Morgan fingerprint density at radius 3 is 3.23 bits per heavy atom. The highest BCUT2D eigenvalue weighted by Gasteiger charge is 1.97. The molecular formula is C9H8ClN3. The Morgan fingerprint density at radius 2 is 2.38 bits per heavy atom. The molecule has 3 nitrogen and oxygen atoms in total. The van der Waals surface area contributed by atoms with E-state index in [0.29, 0.717) is 5.88 Å². The standard InChI is InChI=1S/C9H8ClN3/c10-3-1-2-8-6-12-9-7-11-4-5-13(8)9/h1-2,4-7H,3H2. The summed E-state index contributed by atoms with van der Waals surface area (Å²) >= 11 is 5.54. The summed E-state index contributed by atoms with van der Waals surface area (Å²) in [5.74, 6) is 0.512. The van der Waals surface area contributed by atoms with Gasteiger partial charge in [0.05, 0.1) is 18.1 Å². The molecule has 0 radical (unpaired) electrons. The number of alkyl halides is 1. The molecule has 0 atom stereocenters. The van der Waals surface area contributed by atoms with Crippen LogP contribution in [0.1, 0.15) is 5.69 Å². The van der Waals surface area contributed by atoms with Gasteiger partial charge in [-0.1, -0.05) is 6.08 Å². The summed E-state index contributed by atoms with van der Waals surface area (Å²) in [4.78, 5) is 8.15. The maximum Gasteiger partial charge on any atom is 0.155 e. The van der Waals surface area contributed by atoms with Gasteiger partial charge >= 0.3 is 0 Å². The van der Waals surface area contributed by atoms with Crippen LogP contribution >= 0.6 is 11.6 Å². The SMILES string of the molecule is ClCC=Cc1cnc2cnccn12. The summed E-state index contributed by atoms with van der Waals surface area (Å²) in [6, 6.07) is 0. The highest BCUT2D eigenvalue weighted by molar-refractivity contribution is 6.19. The van der Waals surface area contributed by atoms with Crippen molar-refractivity contribution in [2.24, 2.45) is 0 Å². The molecule has 0 saturated carbocycles. The first-order chi connectivity index (χ1) is 6.42. The van der Waals surface area contributed by atoms with Gasteiger partial charge in [0, 0.05) is 18.3 Å². The van der Waals surface area contributed by atoms with Gasteiger partial charge in [0.25, 0.3) is 0 Å². The Kier molecular flexibility index (Phi) is 2.27. The second kappa shape index (κ2) is 3.58. The van der Waals surface area contributed by atoms with Gasteiger partial charge in [-0.15, -0.1) is 11.6 Å². The smallest absolute Gasteiger partial charge is 0.155 e. The van der Waals surface area contributed by atoms with Crippen LogP contribution in [0.15, 0.2) is 30.9 Å². The molecule has 0 aromatic carbocycles. The van der Waals surface area contributed by atoms with Crippen LogP contribution in [-0.4, -0.2) is 20.2 Å². The monoisotopic (exact) mass is 193 g/mol. The Labute approximate surface area is 80.7 Å². The predicted molar refractivity (Wildman–Crippen MR) is 52.7 cm³/mol. The second-order valence-corrected chi connectivity index (χ2v) is 2.85. The molecule has 2 rings (SSSR count). The van der Waals surface area contributed by atoms with Gasteiger partial charge in [0.1, 0.15) is 0 Å². The summed E-state index contributed by atoms with van der Waals surface area (Å²) in [5, 5.41) is 0. The van der Waals surface area contributed by atoms with Crippen LogP contribution < -0.4 is 0 Å². The van der Waals surface area contributed by atoms with E-state index < -0.39 is 0 Å². The van der Waals surface area contributed by atoms with E-state index in [1.807, 2.05) is 22.7 Å². The van der Waals surface area contributed by atoms with Gasteiger partial charge in [0.15, 0.2) is 5.65 Å². The number of nitrogens with zero attached hydrogens (tertiary/aromatic N) is 3. The molecule has 0 fully saturated rings. The van der Waals surface area contributed by atoms with E-state index in [1.54, 1.807) is 18.6 Å². The first kappa shape index (κ1) is 8.26. The summed E-state index contributed by atoms with van der Waals surface area (Å²) in [5.41, 5.74) is 1.86. The van der Waals surface area contributed by atoms with Crippen molar-refractivity contribution < 1.29 is 0 Å². The number of fused-ring (bicyclic) bond motifs is 1. The topological polar surface area (TPSA) is 30.2 Å². The van der Waals surface area contributed by atoms with E-state index in [4.69, 9.17) is 11.6 Å². The highest BCUT2D eigenvalue weighted by Crippen LogP contribution is 2.06. The third-order valence-corrected chi connectivity index (χ3v) is 1.90. The average Bonchev–Trinajstić information content (AvgIpc) is 2.58. The van der Waals surface area contributed by atoms with Gasteiger partial charge < -0.3 is 0 Å². The zero-order valence-electron chi connectivity index (χ0n) is 6.89. The number of aromatic nitrogens is 3. The molecule has 0 N–H and O–H groups in total. The molecule has 2 aromatic heterocycles. The van der Waals surface area contributed by atoms with Crippen molar-refractivity contribution in [3.63, 3.8) is 0 Å². The second-order valence-electron chi connectivity index (χ2n) is 2.54. The molecule has 0 amide bonds. The number of rotatable bonds is 2. The minimum atomic E-state index is 0.512. The van der Waals surface area contributed by atoms with Crippen LogP contribution in [0.25, 0.3) is 11.7 Å². The van der Waals surface area contributed by atoms with Crippen molar-refractivity contribution in [2.75, 3.05) is 5.88 Å². The molecule has 66 valence electrons. The van der Waals surface area contributed by atoms with E-state index >= 15 is 0 Å². The molecule has 0 unspecified atom stereocenters. The molecule has 0 saturated heterocycles. The zero-order valence-corrected chi connectivity index (χ0v) is 7.65. The normalized spacial score (nSPS) is 11.5. The number of hydrogen-bond donors (Lipinski definition) is 0. The maximum atomic E-state index is 5.54. The summed E-state index contributed by atoms with van der Waals surface area (Å²) in [7, 11) is 0. The lowest BCUT2D eigenvalue weighted by atomic mass is 10.4. The van der Waals surface area contributed by atoms with Crippen molar-refractivity contribution in [1.82, 2.24) is 14.4 Å². The molecule has 13 heavy (non-hydrogen) atoms. The lowest BCUT2D eigenvalue weighted by Crippen LogP contribution is -1.86. The van der Waals surface area contributed by atoms with Crippen molar-refractivity contribution in [1.29, 1.82) is 0 Å². The fourth-order valence-corrected chi connectivity index (χ4v) is 1.24. The Bertz CT molecular complexity index is 433. The Hall–Kier alpha value is -1.35. The van der Waals surface area contributed by atoms with Crippen molar-refractivity contribution >= 4 is 23.3 Å². The first-order valence-electron chi connectivity index (χ1n) is 3.91. The van der Waals surface area contributed by atoms with Gasteiger partial charge in [-0.3, -0.25) is 9.38 Å². The number of halogens is 1. The van der Waals surface area contributed by atoms with Crippen molar-refractivity contribution in [3.8, 4) is 0 Å².